The topological polar surface area (TPSA) is 156 Å². The number of nitro groups is 1. The molecule has 0 saturated carbocycles. The Hall–Kier alpha value is -2.82. The van der Waals surface area contributed by atoms with Gasteiger partial charge in [-0.05, 0) is 6.92 Å². The van der Waals surface area contributed by atoms with Crippen LogP contribution in [0.1, 0.15) is 5.69 Å². The summed E-state index contributed by atoms with van der Waals surface area (Å²) in [5, 5.41) is 13.2. The molecule has 0 bridgehead atoms. The van der Waals surface area contributed by atoms with Crippen molar-refractivity contribution in [3.8, 4) is 0 Å². The van der Waals surface area contributed by atoms with Crippen molar-refractivity contribution < 1.29 is 14.5 Å². The van der Waals surface area contributed by atoms with Crippen molar-refractivity contribution in [3.63, 3.8) is 0 Å². The third-order valence-corrected chi connectivity index (χ3v) is 2.60. The number of carbonyl (C=O) groups is 2. The Bertz CT molecular complexity index is 586. The van der Waals surface area contributed by atoms with Crippen LogP contribution < -0.4 is 21.5 Å². The monoisotopic (exact) mass is 281 g/mol. The average Bonchev–Trinajstić information content (AvgIpc) is 2.35. The van der Waals surface area contributed by atoms with Crippen molar-refractivity contribution in [3.05, 3.63) is 15.8 Å². The predicted octanol–water partition coefficient (Wildman–Crippen LogP) is -1.56. The summed E-state index contributed by atoms with van der Waals surface area (Å²) in [4.78, 5) is 42.0. The Morgan fingerprint density at radius 1 is 1.35 bits per heavy atom. The molecular weight excluding hydrogens is 270 g/mol. The minimum absolute atomic E-state index is 0.0402. The summed E-state index contributed by atoms with van der Waals surface area (Å²) < 4.78 is 0. The van der Waals surface area contributed by atoms with E-state index in [0.717, 1.165) is 0 Å². The molecule has 0 aliphatic carbocycles. The highest BCUT2D eigenvalue weighted by Crippen LogP contribution is 2.29. The van der Waals surface area contributed by atoms with E-state index in [1.54, 1.807) is 0 Å². The van der Waals surface area contributed by atoms with Gasteiger partial charge in [0.25, 0.3) is 0 Å². The molecular formula is C9H11N7O4. The number of nitrogens with one attached hydrogen (secondary N) is 2. The molecule has 4 N–H and O–H groups in total. The standard InChI is InChI=1S/C9H11N7O4/c1-4-7(16(19)20)8(13-9(11-4)14-10)15-2-5(17)12-6(18)3-15/h2-3,10H2,1H3,(H,11,13,14)(H,12,17,18). The molecule has 0 atom stereocenters. The quantitative estimate of drug-likeness (QED) is 0.258. The Kier molecular flexibility index (Phi) is 3.43. The van der Waals surface area contributed by atoms with E-state index in [4.69, 9.17) is 5.84 Å². The van der Waals surface area contributed by atoms with Crippen molar-refractivity contribution in [2.75, 3.05) is 23.4 Å². The first-order valence-electron chi connectivity index (χ1n) is 5.49. The van der Waals surface area contributed by atoms with E-state index in [-0.39, 0.29) is 36.2 Å². The maximum Gasteiger partial charge on any atom is 0.332 e. The Labute approximate surface area is 112 Å². The molecule has 1 aliphatic heterocycles. The van der Waals surface area contributed by atoms with E-state index in [1.807, 2.05) is 0 Å². The molecule has 106 valence electrons. The van der Waals surface area contributed by atoms with Gasteiger partial charge in [0, 0.05) is 0 Å². The number of anilines is 2. The van der Waals surface area contributed by atoms with Gasteiger partial charge in [0.1, 0.15) is 5.69 Å². The molecule has 1 aliphatic rings. The summed E-state index contributed by atoms with van der Waals surface area (Å²) in [6.07, 6.45) is 0. The highest BCUT2D eigenvalue weighted by Gasteiger charge is 2.31. The van der Waals surface area contributed by atoms with Crippen molar-refractivity contribution in [1.82, 2.24) is 15.3 Å². The second kappa shape index (κ2) is 5.05. The van der Waals surface area contributed by atoms with Crippen molar-refractivity contribution in [2.45, 2.75) is 6.92 Å². The number of rotatable bonds is 3. The van der Waals surface area contributed by atoms with Gasteiger partial charge in [0.2, 0.25) is 23.6 Å². The van der Waals surface area contributed by atoms with Gasteiger partial charge in [-0.15, -0.1) is 0 Å². The lowest BCUT2D eigenvalue weighted by Crippen LogP contribution is -2.52. The smallest absolute Gasteiger partial charge is 0.332 e. The molecule has 0 unspecified atom stereocenters. The average molecular weight is 281 g/mol. The molecule has 1 fully saturated rings. The number of hydrogen-bond acceptors (Lipinski definition) is 9. The molecule has 1 aromatic rings. The number of nitrogen functional groups attached to an aromatic ring is 1. The molecule has 20 heavy (non-hydrogen) atoms. The van der Waals surface area contributed by atoms with E-state index >= 15 is 0 Å². The zero-order chi connectivity index (χ0) is 14.9. The van der Waals surface area contributed by atoms with Crippen LogP contribution in [0.3, 0.4) is 0 Å². The second-order valence-corrected chi connectivity index (χ2v) is 4.03. The number of aromatic nitrogens is 2. The lowest BCUT2D eigenvalue weighted by atomic mass is 10.3. The summed E-state index contributed by atoms with van der Waals surface area (Å²) in [5.41, 5.74) is 1.89. The van der Waals surface area contributed by atoms with Crippen LogP contribution in [-0.4, -0.2) is 39.8 Å². The van der Waals surface area contributed by atoms with Crippen LogP contribution in [0.25, 0.3) is 0 Å². The highest BCUT2D eigenvalue weighted by atomic mass is 16.6. The zero-order valence-corrected chi connectivity index (χ0v) is 10.4. The molecule has 2 rings (SSSR count). The highest BCUT2D eigenvalue weighted by molar-refractivity contribution is 6.02. The van der Waals surface area contributed by atoms with Crippen LogP contribution in [0.2, 0.25) is 0 Å². The number of nitrogens with zero attached hydrogens (tertiary/aromatic N) is 4. The number of amides is 2. The largest absolute Gasteiger partial charge is 0.332 e. The fourth-order valence-corrected chi connectivity index (χ4v) is 1.84. The number of piperazine rings is 1. The first-order chi connectivity index (χ1) is 9.42. The van der Waals surface area contributed by atoms with Gasteiger partial charge in [-0.2, -0.15) is 4.98 Å². The Morgan fingerprint density at radius 2 is 1.95 bits per heavy atom. The van der Waals surface area contributed by atoms with Crippen LogP contribution in [0.15, 0.2) is 0 Å². The van der Waals surface area contributed by atoms with Crippen LogP contribution in [-0.2, 0) is 9.59 Å². The fourth-order valence-electron chi connectivity index (χ4n) is 1.84. The van der Waals surface area contributed by atoms with E-state index in [1.165, 1.54) is 11.8 Å². The van der Waals surface area contributed by atoms with E-state index in [2.05, 4.69) is 20.7 Å². The fraction of sp³-hybridized carbons (Fsp3) is 0.333. The number of imide groups is 1. The van der Waals surface area contributed by atoms with Crippen LogP contribution in [0.5, 0.6) is 0 Å². The number of hydrogen-bond donors (Lipinski definition) is 3. The Balaban J connectivity index is 2.53. The van der Waals surface area contributed by atoms with Crippen LogP contribution in [0.4, 0.5) is 17.5 Å². The third-order valence-electron chi connectivity index (χ3n) is 2.60. The summed E-state index contributed by atoms with van der Waals surface area (Å²) in [7, 11) is 0. The summed E-state index contributed by atoms with van der Waals surface area (Å²) >= 11 is 0. The zero-order valence-electron chi connectivity index (χ0n) is 10.4. The molecule has 2 amide bonds. The molecule has 0 aromatic carbocycles. The summed E-state index contributed by atoms with van der Waals surface area (Å²) in [5.74, 6) is 3.90. The maximum absolute atomic E-state index is 11.4. The van der Waals surface area contributed by atoms with Crippen molar-refractivity contribution in [2.24, 2.45) is 5.84 Å². The third kappa shape index (κ3) is 2.47. The summed E-state index contributed by atoms with van der Waals surface area (Å²) in [6.45, 7) is 0.982. The molecule has 11 nitrogen and oxygen atoms in total. The normalized spacial score (nSPS) is 15.0. The van der Waals surface area contributed by atoms with Crippen molar-refractivity contribution in [1.29, 1.82) is 0 Å². The van der Waals surface area contributed by atoms with E-state index < -0.39 is 16.7 Å². The first-order valence-corrected chi connectivity index (χ1v) is 5.49. The molecule has 1 aromatic heterocycles. The van der Waals surface area contributed by atoms with Gasteiger partial charge >= 0.3 is 5.69 Å². The minimum Gasteiger partial charge on any atom is -0.332 e. The lowest BCUT2D eigenvalue weighted by Gasteiger charge is -2.26. The summed E-state index contributed by atoms with van der Waals surface area (Å²) in [6, 6.07) is 0. The van der Waals surface area contributed by atoms with Gasteiger partial charge < -0.3 is 4.90 Å². The van der Waals surface area contributed by atoms with Crippen LogP contribution >= 0.6 is 0 Å². The molecule has 11 heteroatoms. The number of aryl methyl sites for hydroxylation is 1. The molecule has 2 heterocycles. The van der Waals surface area contributed by atoms with Crippen molar-refractivity contribution >= 4 is 29.3 Å². The predicted molar refractivity (Wildman–Crippen MR) is 66.6 cm³/mol. The van der Waals surface area contributed by atoms with Gasteiger partial charge in [-0.25, -0.2) is 10.8 Å². The number of nitrogens with two attached hydrogens (primary N) is 1. The van der Waals surface area contributed by atoms with E-state index in [9.17, 15) is 19.7 Å². The second-order valence-electron chi connectivity index (χ2n) is 4.03. The van der Waals surface area contributed by atoms with Crippen LogP contribution in [0, 0.1) is 17.0 Å². The van der Waals surface area contributed by atoms with Gasteiger partial charge in [0.05, 0.1) is 18.0 Å². The molecule has 0 radical (unpaired) electrons. The maximum atomic E-state index is 11.4. The molecule has 1 saturated heterocycles. The van der Waals surface area contributed by atoms with Gasteiger partial charge in [0.15, 0.2) is 0 Å². The minimum atomic E-state index is -0.665. The lowest BCUT2D eigenvalue weighted by molar-refractivity contribution is -0.385. The van der Waals surface area contributed by atoms with Gasteiger partial charge in [-0.3, -0.25) is 30.4 Å². The van der Waals surface area contributed by atoms with Gasteiger partial charge in [-0.1, -0.05) is 0 Å². The molecule has 0 spiro atoms. The first kappa shape index (κ1) is 13.6. The number of hydrazine groups is 1. The SMILES string of the molecule is Cc1nc(NN)nc(N2CC(=O)NC(=O)C2)c1[N+](=O)[O-]. The Morgan fingerprint density at radius 3 is 2.45 bits per heavy atom. The number of carbonyl (C=O) groups excluding carboxylic acids is 2. The van der Waals surface area contributed by atoms with E-state index in [0.29, 0.717) is 0 Å².